The van der Waals surface area contributed by atoms with Crippen LogP contribution >= 0.6 is 0 Å². The Balaban J connectivity index is 0.00000112. The molecule has 0 aliphatic heterocycles. The van der Waals surface area contributed by atoms with Gasteiger partial charge in [-0.2, -0.15) is 0 Å². The van der Waals surface area contributed by atoms with Gasteiger partial charge in [0.05, 0.1) is 5.92 Å². The van der Waals surface area contributed by atoms with E-state index in [1.807, 2.05) is 0 Å². The number of hydrogen-bond acceptors (Lipinski definition) is 1. The molecular formula is C12H20NaO2. The van der Waals surface area contributed by atoms with Crippen LogP contribution in [0, 0.1) is 11.3 Å². The SMILES string of the molecule is O=C(O)C1CCC2(CCCCCC2)C1.[Na]. The fourth-order valence-electron chi connectivity index (χ4n) is 3.35. The summed E-state index contributed by atoms with van der Waals surface area (Å²) in [4.78, 5) is 10.9. The van der Waals surface area contributed by atoms with E-state index < -0.39 is 5.97 Å². The Labute approximate surface area is 114 Å². The summed E-state index contributed by atoms with van der Waals surface area (Å²) in [7, 11) is 0. The first-order valence-corrected chi connectivity index (χ1v) is 5.95. The molecule has 0 bridgehead atoms. The fraction of sp³-hybridized carbons (Fsp3) is 0.917. The number of hydrogen-bond donors (Lipinski definition) is 1. The summed E-state index contributed by atoms with van der Waals surface area (Å²) in [5.74, 6) is -0.598. The van der Waals surface area contributed by atoms with Crippen molar-refractivity contribution in [3.05, 3.63) is 0 Å². The zero-order valence-electron chi connectivity index (χ0n) is 9.80. The number of aliphatic carboxylic acids is 1. The molecule has 1 unspecified atom stereocenters. The topological polar surface area (TPSA) is 37.3 Å². The third-order valence-corrected chi connectivity index (χ3v) is 4.22. The van der Waals surface area contributed by atoms with Crippen molar-refractivity contribution in [2.24, 2.45) is 11.3 Å². The van der Waals surface area contributed by atoms with E-state index in [1.165, 1.54) is 44.9 Å². The summed E-state index contributed by atoms with van der Waals surface area (Å²) in [6.07, 6.45) is 11.0. The van der Waals surface area contributed by atoms with Crippen molar-refractivity contribution < 1.29 is 9.90 Å². The van der Waals surface area contributed by atoms with Gasteiger partial charge in [-0.15, -0.1) is 0 Å². The van der Waals surface area contributed by atoms with Crippen molar-refractivity contribution in [2.75, 3.05) is 0 Å². The zero-order valence-corrected chi connectivity index (χ0v) is 11.8. The molecule has 1 atom stereocenters. The second kappa shape index (κ2) is 5.70. The second-order valence-corrected chi connectivity index (χ2v) is 5.19. The van der Waals surface area contributed by atoms with Gasteiger partial charge in [0.25, 0.3) is 0 Å². The minimum Gasteiger partial charge on any atom is -0.481 e. The van der Waals surface area contributed by atoms with E-state index >= 15 is 0 Å². The Hall–Kier alpha value is 0.470. The number of rotatable bonds is 1. The molecule has 2 nitrogen and oxygen atoms in total. The van der Waals surface area contributed by atoms with E-state index in [4.69, 9.17) is 5.11 Å². The Bertz CT molecular complexity index is 220. The Morgan fingerprint density at radius 1 is 1.07 bits per heavy atom. The van der Waals surface area contributed by atoms with Crippen LogP contribution in [0.3, 0.4) is 0 Å². The van der Waals surface area contributed by atoms with Crippen LogP contribution in [0.15, 0.2) is 0 Å². The third kappa shape index (κ3) is 3.21. The maximum absolute atomic E-state index is 10.9. The number of carboxylic acids is 1. The summed E-state index contributed by atoms with van der Waals surface area (Å²) in [5, 5.41) is 9.00. The van der Waals surface area contributed by atoms with Crippen molar-refractivity contribution in [1.82, 2.24) is 0 Å². The molecule has 0 aromatic carbocycles. The second-order valence-electron chi connectivity index (χ2n) is 5.19. The maximum atomic E-state index is 10.9. The van der Waals surface area contributed by atoms with Gasteiger partial charge in [0.1, 0.15) is 0 Å². The molecule has 0 saturated heterocycles. The van der Waals surface area contributed by atoms with E-state index in [0.717, 1.165) is 12.8 Å². The van der Waals surface area contributed by atoms with Gasteiger partial charge >= 0.3 is 5.97 Å². The van der Waals surface area contributed by atoms with Crippen LogP contribution in [0.2, 0.25) is 0 Å². The quantitative estimate of drug-likeness (QED) is 0.688. The van der Waals surface area contributed by atoms with E-state index in [-0.39, 0.29) is 35.5 Å². The molecule has 3 heteroatoms. The van der Waals surface area contributed by atoms with Gasteiger partial charge in [0.2, 0.25) is 0 Å². The predicted octanol–water partition coefficient (Wildman–Crippen LogP) is 2.83. The van der Waals surface area contributed by atoms with Gasteiger partial charge in [0, 0.05) is 29.6 Å². The minimum absolute atomic E-state index is 0. The van der Waals surface area contributed by atoms with Gasteiger partial charge in [0.15, 0.2) is 0 Å². The molecule has 0 aromatic rings. The van der Waals surface area contributed by atoms with Crippen LogP contribution in [-0.2, 0) is 4.79 Å². The molecule has 2 aliphatic rings. The van der Waals surface area contributed by atoms with E-state index in [2.05, 4.69) is 0 Å². The number of carbonyl (C=O) groups is 1. The maximum Gasteiger partial charge on any atom is 0.306 e. The predicted molar refractivity (Wildman–Crippen MR) is 60.9 cm³/mol. The van der Waals surface area contributed by atoms with Gasteiger partial charge in [-0.1, -0.05) is 25.7 Å². The van der Waals surface area contributed by atoms with Crippen LogP contribution < -0.4 is 0 Å². The van der Waals surface area contributed by atoms with E-state index in [0.29, 0.717) is 5.41 Å². The Kier molecular flexibility index (Phi) is 5.14. The fourth-order valence-corrected chi connectivity index (χ4v) is 3.35. The minimum atomic E-state index is -0.564. The van der Waals surface area contributed by atoms with Crippen LogP contribution in [0.5, 0.6) is 0 Å². The molecular weight excluding hydrogens is 199 g/mol. The molecule has 1 N–H and O–H groups in total. The van der Waals surface area contributed by atoms with Crippen molar-refractivity contribution in [3.8, 4) is 0 Å². The summed E-state index contributed by atoms with van der Waals surface area (Å²) in [5.41, 5.74) is 0.430. The molecule has 2 saturated carbocycles. The van der Waals surface area contributed by atoms with Crippen molar-refractivity contribution in [1.29, 1.82) is 0 Å². The molecule has 2 rings (SSSR count). The van der Waals surface area contributed by atoms with E-state index in [1.54, 1.807) is 0 Å². The van der Waals surface area contributed by atoms with Gasteiger partial charge in [-0.3, -0.25) is 4.79 Å². The molecule has 0 heterocycles. The van der Waals surface area contributed by atoms with Crippen molar-refractivity contribution in [2.45, 2.75) is 57.8 Å². The van der Waals surface area contributed by atoms with E-state index in [9.17, 15) is 4.79 Å². The molecule has 0 aromatic heterocycles. The average Bonchev–Trinajstić information content (AvgIpc) is 2.41. The average molecular weight is 219 g/mol. The molecule has 15 heavy (non-hydrogen) atoms. The molecule has 2 fully saturated rings. The summed E-state index contributed by atoms with van der Waals surface area (Å²) < 4.78 is 0. The molecule has 81 valence electrons. The molecule has 2 aliphatic carbocycles. The summed E-state index contributed by atoms with van der Waals surface area (Å²) >= 11 is 0. The largest absolute Gasteiger partial charge is 0.481 e. The summed E-state index contributed by atoms with van der Waals surface area (Å²) in [6.45, 7) is 0. The smallest absolute Gasteiger partial charge is 0.306 e. The Morgan fingerprint density at radius 2 is 1.67 bits per heavy atom. The van der Waals surface area contributed by atoms with Crippen LogP contribution in [0.1, 0.15) is 57.8 Å². The van der Waals surface area contributed by atoms with Crippen LogP contribution in [-0.4, -0.2) is 40.6 Å². The molecule has 1 radical (unpaired) electrons. The van der Waals surface area contributed by atoms with Gasteiger partial charge < -0.3 is 5.11 Å². The standard InChI is InChI=1S/C12H20O2.Na/c13-11(14)10-5-8-12(9-10)6-3-1-2-4-7-12;/h10H,1-9H2,(H,13,14);. The first kappa shape index (κ1) is 13.5. The first-order chi connectivity index (χ1) is 6.72. The van der Waals surface area contributed by atoms with Gasteiger partial charge in [-0.05, 0) is 37.5 Å². The monoisotopic (exact) mass is 219 g/mol. The first-order valence-electron chi connectivity index (χ1n) is 5.95. The molecule has 0 amide bonds. The normalized spacial score (nSPS) is 29.5. The van der Waals surface area contributed by atoms with Crippen molar-refractivity contribution in [3.63, 3.8) is 0 Å². The number of carboxylic acid groups (broad SMARTS) is 1. The van der Waals surface area contributed by atoms with Crippen LogP contribution in [0.4, 0.5) is 0 Å². The van der Waals surface area contributed by atoms with Gasteiger partial charge in [-0.25, -0.2) is 0 Å². The summed E-state index contributed by atoms with van der Waals surface area (Å²) in [6, 6.07) is 0. The Morgan fingerprint density at radius 3 is 2.13 bits per heavy atom. The van der Waals surface area contributed by atoms with Crippen LogP contribution in [0.25, 0.3) is 0 Å². The molecule has 1 spiro atoms. The zero-order chi connectivity index (χ0) is 10.0. The third-order valence-electron chi connectivity index (χ3n) is 4.22. The van der Waals surface area contributed by atoms with Crippen molar-refractivity contribution >= 4 is 35.5 Å².